The SMILES string of the molecule is CC1(c2nnc3ccncn23)CCCNC1. The first-order valence-corrected chi connectivity index (χ1v) is 5.66. The molecule has 0 saturated carbocycles. The number of hydrogen-bond acceptors (Lipinski definition) is 4. The molecule has 84 valence electrons. The van der Waals surface area contributed by atoms with Crippen molar-refractivity contribution in [2.24, 2.45) is 0 Å². The van der Waals surface area contributed by atoms with Gasteiger partial charge in [0.25, 0.3) is 0 Å². The summed E-state index contributed by atoms with van der Waals surface area (Å²) < 4.78 is 1.99. The second-order valence-corrected chi connectivity index (χ2v) is 4.67. The Balaban J connectivity index is 2.11. The molecule has 0 bridgehead atoms. The zero-order valence-electron chi connectivity index (χ0n) is 9.35. The van der Waals surface area contributed by atoms with Gasteiger partial charge in [-0.05, 0) is 19.4 Å². The molecular formula is C11H15N5. The van der Waals surface area contributed by atoms with Crippen molar-refractivity contribution in [2.75, 3.05) is 13.1 Å². The molecule has 5 nitrogen and oxygen atoms in total. The normalized spacial score (nSPS) is 26.1. The Labute approximate surface area is 93.9 Å². The Kier molecular flexibility index (Phi) is 2.14. The van der Waals surface area contributed by atoms with Gasteiger partial charge in [0, 0.05) is 24.2 Å². The molecule has 1 fully saturated rings. The summed E-state index contributed by atoms with van der Waals surface area (Å²) >= 11 is 0. The fourth-order valence-electron chi connectivity index (χ4n) is 2.40. The highest BCUT2D eigenvalue weighted by Crippen LogP contribution is 2.29. The predicted molar refractivity (Wildman–Crippen MR) is 60.2 cm³/mol. The fourth-order valence-corrected chi connectivity index (χ4v) is 2.40. The lowest BCUT2D eigenvalue weighted by Gasteiger charge is -2.32. The van der Waals surface area contributed by atoms with Crippen LogP contribution in [0.3, 0.4) is 0 Å². The lowest BCUT2D eigenvalue weighted by Crippen LogP contribution is -2.42. The molecule has 5 heteroatoms. The largest absolute Gasteiger partial charge is 0.316 e. The Morgan fingerprint density at radius 1 is 1.44 bits per heavy atom. The third kappa shape index (κ3) is 1.39. The van der Waals surface area contributed by atoms with Crippen molar-refractivity contribution in [2.45, 2.75) is 25.2 Å². The van der Waals surface area contributed by atoms with Crippen molar-refractivity contribution < 1.29 is 0 Å². The number of hydrogen-bond donors (Lipinski definition) is 1. The first-order valence-electron chi connectivity index (χ1n) is 5.66. The minimum atomic E-state index is 0.0701. The van der Waals surface area contributed by atoms with Gasteiger partial charge in [-0.25, -0.2) is 4.98 Å². The molecule has 0 spiro atoms. The van der Waals surface area contributed by atoms with Gasteiger partial charge in [0.15, 0.2) is 5.65 Å². The molecule has 1 atom stereocenters. The molecule has 2 aromatic heterocycles. The van der Waals surface area contributed by atoms with Crippen molar-refractivity contribution in [3.8, 4) is 0 Å². The topological polar surface area (TPSA) is 55.1 Å². The maximum atomic E-state index is 4.32. The molecule has 0 radical (unpaired) electrons. The minimum Gasteiger partial charge on any atom is -0.316 e. The Morgan fingerprint density at radius 2 is 2.38 bits per heavy atom. The molecule has 0 amide bonds. The van der Waals surface area contributed by atoms with Gasteiger partial charge in [0.05, 0.1) is 0 Å². The van der Waals surface area contributed by atoms with Crippen molar-refractivity contribution in [1.82, 2.24) is 24.9 Å². The van der Waals surface area contributed by atoms with Gasteiger partial charge in [0.2, 0.25) is 0 Å². The second-order valence-electron chi connectivity index (χ2n) is 4.67. The maximum absolute atomic E-state index is 4.32. The average molecular weight is 217 g/mol. The van der Waals surface area contributed by atoms with E-state index in [1.165, 1.54) is 6.42 Å². The van der Waals surface area contributed by atoms with Crippen LogP contribution in [0.15, 0.2) is 18.6 Å². The van der Waals surface area contributed by atoms with Gasteiger partial charge >= 0.3 is 0 Å². The average Bonchev–Trinajstić information content (AvgIpc) is 2.74. The predicted octanol–water partition coefficient (Wildman–Crippen LogP) is 0.765. The Hall–Kier alpha value is -1.49. The third-order valence-corrected chi connectivity index (χ3v) is 3.35. The van der Waals surface area contributed by atoms with E-state index < -0.39 is 0 Å². The number of nitrogens with one attached hydrogen (secondary N) is 1. The van der Waals surface area contributed by atoms with Gasteiger partial charge in [-0.2, -0.15) is 0 Å². The van der Waals surface area contributed by atoms with Crippen LogP contribution in [0.25, 0.3) is 5.65 Å². The van der Waals surface area contributed by atoms with Gasteiger partial charge < -0.3 is 5.32 Å². The molecule has 1 unspecified atom stereocenters. The number of aromatic nitrogens is 4. The highest BCUT2D eigenvalue weighted by Gasteiger charge is 2.33. The van der Waals surface area contributed by atoms with Crippen molar-refractivity contribution in [3.05, 3.63) is 24.4 Å². The molecule has 3 rings (SSSR count). The lowest BCUT2D eigenvalue weighted by atomic mass is 9.82. The van der Waals surface area contributed by atoms with E-state index in [4.69, 9.17) is 0 Å². The van der Waals surface area contributed by atoms with Crippen LogP contribution in [-0.4, -0.2) is 32.7 Å². The number of rotatable bonds is 1. The summed E-state index contributed by atoms with van der Waals surface area (Å²) in [5, 5.41) is 11.9. The van der Waals surface area contributed by atoms with E-state index in [0.717, 1.165) is 31.0 Å². The van der Waals surface area contributed by atoms with Crippen LogP contribution in [-0.2, 0) is 5.41 Å². The summed E-state index contributed by atoms with van der Waals surface area (Å²) in [6.45, 7) is 4.30. The van der Waals surface area contributed by atoms with Gasteiger partial charge in [0.1, 0.15) is 12.2 Å². The summed E-state index contributed by atoms with van der Waals surface area (Å²) in [6.07, 6.45) is 5.88. The van der Waals surface area contributed by atoms with E-state index in [0.29, 0.717) is 0 Å². The molecule has 1 aliphatic rings. The van der Waals surface area contributed by atoms with Crippen LogP contribution in [0.4, 0.5) is 0 Å². The molecule has 1 saturated heterocycles. The van der Waals surface area contributed by atoms with Crippen molar-refractivity contribution in [1.29, 1.82) is 0 Å². The minimum absolute atomic E-state index is 0.0701. The van der Waals surface area contributed by atoms with Crippen LogP contribution >= 0.6 is 0 Å². The molecule has 2 aromatic rings. The lowest BCUT2D eigenvalue weighted by molar-refractivity contribution is 0.321. The molecule has 3 heterocycles. The third-order valence-electron chi connectivity index (χ3n) is 3.35. The van der Waals surface area contributed by atoms with E-state index in [1.807, 2.05) is 10.5 Å². The fraction of sp³-hybridized carbons (Fsp3) is 0.545. The van der Waals surface area contributed by atoms with Crippen molar-refractivity contribution in [3.63, 3.8) is 0 Å². The van der Waals surface area contributed by atoms with Crippen LogP contribution in [0.1, 0.15) is 25.6 Å². The van der Waals surface area contributed by atoms with E-state index >= 15 is 0 Å². The summed E-state index contributed by atoms with van der Waals surface area (Å²) in [7, 11) is 0. The van der Waals surface area contributed by atoms with Gasteiger partial charge in [-0.3, -0.25) is 4.40 Å². The smallest absolute Gasteiger partial charge is 0.163 e. The highest BCUT2D eigenvalue weighted by molar-refractivity contribution is 5.36. The number of piperidine rings is 1. The van der Waals surface area contributed by atoms with E-state index in [2.05, 4.69) is 27.4 Å². The van der Waals surface area contributed by atoms with Crippen LogP contribution in [0, 0.1) is 0 Å². The van der Waals surface area contributed by atoms with Gasteiger partial charge in [-0.1, -0.05) is 6.92 Å². The monoisotopic (exact) mass is 217 g/mol. The van der Waals surface area contributed by atoms with E-state index in [9.17, 15) is 0 Å². The molecule has 0 aromatic carbocycles. The number of fused-ring (bicyclic) bond motifs is 1. The first-order chi connectivity index (χ1) is 7.80. The zero-order valence-corrected chi connectivity index (χ0v) is 9.35. The Bertz CT molecular complexity index is 498. The summed E-state index contributed by atoms with van der Waals surface area (Å²) in [5.74, 6) is 1.02. The summed E-state index contributed by atoms with van der Waals surface area (Å²) in [5.41, 5.74) is 0.942. The summed E-state index contributed by atoms with van der Waals surface area (Å²) in [6, 6.07) is 1.89. The Morgan fingerprint density at radius 3 is 3.19 bits per heavy atom. The van der Waals surface area contributed by atoms with Crippen LogP contribution in [0.2, 0.25) is 0 Å². The highest BCUT2D eigenvalue weighted by atomic mass is 15.3. The van der Waals surface area contributed by atoms with E-state index in [1.54, 1.807) is 12.5 Å². The van der Waals surface area contributed by atoms with Gasteiger partial charge in [-0.15, -0.1) is 10.2 Å². The first kappa shape index (κ1) is 9.72. The van der Waals surface area contributed by atoms with Crippen LogP contribution in [0.5, 0.6) is 0 Å². The van der Waals surface area contributed by atoms with E-state index in [-0.39, 0.29) is 5.41 Å². The molecule has 1 N–H and O–H groups in total. The second kappa shape index (κ2) is 3.52. The van der Waals surface area contributed by atoms with Crippen molar-refractivity contribution >= 4 is 5.65 Å². The zero-order chi connectivity index (χ0) is 11.0. The molecule has 1 aliphatic heterocycles. The molecular weight excluding hydrogens is 202 g/mol. The van der Waals surface area contributed by atoms with Crippen LogP contribution < -0.4 is 5.32 Å². The standard InChI is InChI=1S/C11H15N5/c1-11(4-2-5-12-7-11)10-15-14-9-3-6-13-8-16(9)10/h3,6,8,12H,2,4-5,7H2,1H3. The molecule has 0 aliphatic carbocycles. The number of nitrogens with zero attached hydrogens (tertiary/aromatic N) is 4. The summed E-state index contributed by atoms with van der Waals surface area (Å²) in [4.78, 5) is 4.13. The quantitative estimate of drug-likeness (QED) is 0.766. The maximum Gasteiger partial charge on any atom is 0.163 e. The molecule has 16 heavy (non-hydrogen) atoms.